The summed E-state index contributed by atoms with van der Waals surface area (Å²) >= 11 is 0. The molecule has 1 aromatic rings. The van der Waals surface area contributed by atoms with Gasteiger partial charge in [-0.25, -0.2) is 4.99 Å². The van der Waals surface area contributed by atoms with Crippen molar-refractivity contribution in [1.29, 1.82) is 5.26 Å². The van der Waals surface area contributed by atoms with Crippen LogP contribution in [0.25, 0.3) is 0 Å². The van der Waals surface area contributed by atoms with E-state index in [1.807, 2.05) is 31.1 Å². The normalized spacial score (nSPS) is 16.5. The SMILES string of the molecule is CN(C)/C=N/c1ccc(C2CCNCC2)cc1C#N. The van der Waals surface area contributed by atoms with E-state index in [1.165, 1.54) is 5.56 Å². The summed E-state index contributed by atoms with van der Waals surface area (Å²) in [6, 6.07) is 8.31. The van der Waals surface area contributed by atoms with Gasteiger partial charge in [0, 0.05) is 14.1 Å². The molecule has 0 radical (unpaired) electrons. The number of aliphatic imine (C=N–C) groups is 1. The van der Waals surface area contributed by atoms with Gasteiger partial charge >= 0.3 is 0 Å². The molecule has 0 saturated carbocycles. The van der Waals surface area contributed by atoms with Crippen LogP contribution in [-0.4, -0.2) is 38.4 Å². The first kappa shape index (κ1) is 13.6. The molecule has 1 heterocycles. The van der Waals surface area contributed by atoms with Crippen molar-refractivity contribution in [3.8, 4) is 6.07 Å². The van der Waals surface area contributed by atoms with Gasteiger partial charge in [0.1, 0.15) is 6.07 Å². The molecule has 1 aromatic carbocycles. The van der Waals surface area contributed by atoms with Crippen molar-refractivity contribution in [3.63, 3.8) is 0 Å². The van der Waals surface area contributed by atoms with E-state index < -0.39 is 0 Å². The third-order valence-electron chi connectivity index (χ3n) is 3.38. The molecular formula is C15H20N4. The van der Waals surface area contributed by atoms with Crippen LogP contribution in [0.3, 0.4) is 0 Å². The van der Waals surface area contributed by atoms with E-state index in [2.05, 4.69) is 22.4 Å². The van der Waals surface area contributed by atoms with Gasteiger partial charge < -0.3 is 10.2 Å². The van der Waals surface area contributed by atoms with Gasteiger partial charge in [-0.1, -0.05) is 6.07 Å². The summed E-state index contributed by atoms with van der Waals surface area (Å²) in [4.78, 5) is 6.19. The lowest BCUT2D eigenvalue weighted by Gasteiger charge is -2.23. The van der Waals surface area contributed by atoms with Crippen LogP contribution >= 0.6 is 0 Å². The molecule has 19 heavy (non-hydrogen) atoms. The topological polar surface area (TPSA) is 51.4 Å². The molecule has 4 heteroatoms. The average Bonchev–Trinajstić information content (AvgIpc) is 2.45. The molecule has 1 fully saturated rings. The second-order valence-corrected chi connectivity index (χ2v) is 5.12. The van der Waals surface area contributed by atoms with Crippen molar-refractivity contribution in [2.75, 3.05) is 27.2 Å². The third-order valence-corrected chi connectivity index (χ3v) is 3.38. The van der Waals surface area contributed by atoms with E-state index in [-0.39, 0.29) is 0 Å². The van der Waals surface area contributed by atoms with Crippen molar-refractivity contribution < 1.29 is 0 Å². The number of hydrogen-bond acceptors (Lipinski definition) is 3. The predicted molar refractivity (Wildman–Crippen MR) is 77.8 cm³/mol. The first-order valence-corrected chi connectivity index (χ1v) is 6.66. The van der Waals surface area contributed by atoms with Gasteiger partial charge in [0.2, 0.25) is 0 Å². The summed E-state index contributed by atoms with van der Waals surface area (Å²) < 4.78 is 0. The molecule has 0 aromatic heterocycles. The molecule has 1 N–H and O–H groups in total. The van der Waals surface area contributed by atoms with Crippen LogP contribution in [0.15, 0.2) is 23.2 Å². The summed E-state index contributed by atoms with van der Waals surface area (Å²) in [5.41, 5.74) is 2.67. The van der Waals surface area contributed by atoms with Gasteiger partial charge in [0.05, 0.1) is 17.6 Å². The number of piperidine rings is 1. The van der Waals surface area contributed by atoms with E-state index in [9.17, 15) is 5.26 Å². The summed E-state index contributed by atoms with van der Waals surface area (Å²) in [5, 5.41) is 12.6. The molecule has 1 aliphatic heterocycles. The van der Waals surface area contributed by atoms with E-state index in [0.717, 1.165) is 31.6 Å². The minimum Gasteiger partial charge on any atom is -0.369 e. The standard InChI is InChI=1S/C15H20N4/c1-19(2)11-18-15-4-3-13(9-14(15)10-16)12-5-7-17-8-6-12/h3-4,9,11-12,17H,5-8H2,1-2H3/b18-11+. The van der Waals surface area contributed by atoms with Crippen LogP contribution in [0.1, 0.15) is 29.9 Å². The maximum atomic E-state index is 9.26. The number of rotatable bonds is 3. The Morgan fingerprint density at radius 1 is 1.37 bits per heavy atom. The Morgan fingerprint density at radius 3 is 2.74 bits per heavy atom. The second-order valence-electron chi connectivity index (χ2n) is 5.12. The molecule has 0 atom stereocenters. The Balaban J connectivity index is 2.23. The zero-order valence-corrected chi connectivity index (χ0v) is 11.6. The number of hydrogen-bond donors (Lipinski definition) is 1. The fraction of sp³-hybridized carbons (Fsp3) is 0.467. The fourth-order valence-electron chi connectivity index (χ4n) is 2.34. The lowest BCUT2D eigenvalue weighted by atomic mass is 9.89. The van der Waals surface area contributed by atoms with Crippen LogP contribution in [0.5, 0.6) is 0 Å². The third kappa shape index (κ3) is 3.55. The van der Waals surface area contributed by atoms with Gasteiger partial charge in [-0.3, -0.25) is 0 Å². The summed E-state index contributed by atoms with van der Waals surface area (Å²) in [7, 11) is 3.83. The van der Waals surface area contributed by atoms with Crippen LogP contribution in [0, 0.1) is 11.3 Å². The van der Waals surface area contributed by atoms with Gasteiger partial charge in [-0.2, -0.15) is 5.26 Å². The van der Waals surface area contributed by atoms with E-state index in [0.29, 0.717) is 11.5 Å². The van der Waals surface area contributed by atoms with Crippen molar-refractivity contribution >= 4 is 12.0 Å². The minimum atomic E-state index is 0.570. The molecule has 0 unspecified atom stereocenters. The predicted octanol–water partition coefficient (Wildman–Crippen LogP) is 2.25. The Kier molecular flexibility index (Phi) is 4.53. The first-order chi connectivity index (χ1) is 9.20. The molecule has 1 saturated heterocycles. The Hall–Kier alpha value is -1.86. The number of nitrogens with zero attached hydrogens (tertiary/aromatic N) is 3. The molecule has 0 bridgehead atoms. The largest absolute Gasteiger partial charge is 0.369 e. The maximum absolute atomic E-state index is 9.26. The summed E-state index contributed by atoms with van der Waals surface area (Å²) in [6.45, 7) is 2.13. The van der Waals surface area contributed by atoms with Gasteiger partial charge in [-0.05, 0) is 49.5 Å². The molecule has 0 amide bonds. The second kappa shape index (κ2) is 6.35. The number of benzene rings is 1. The highest BCUT2D eigenvalue weighted by Crippen LogP contribution is 2.29. The molecule has 100 valence electrons. The smallest absolute Gasteiger partial charge is 0.101 e. The maximum Gasteiger partial charge on any atom is 0.101 e. The van der Waals surface area contributed by atoms with E-state index in [4.69, 9.17) is 0 Å². The Morgan fingerprint density at radius 2 is 2.11 bits per heavy atom. The van der Waals surface area contributed by atoms with Crippen molar-refractivity contribution in [1.82, 2.24) is 10.2 Å². The summed E-state index contributed by atoms with van der Waals surface area (Å²) in [5.74, 6) is 0.570. The van der Waals surface area contributed by atoms with Crippen molar-refractivity contribution in [3.05, 3.63) is 29.3 Å². The highest BCUT2D eigenvalue weighted by atomic mass is 15.1. The Labute approximate surface area is 114 Å². The van der Waals surface area contributed by atoms with Gasteiger partial charge in [0.15, 0.2) is 0 Å². The average molecular weight is 256 g/mol. The van der Waals surface area contributed by atoms with Crippen LogP contribution in [0.2, 0.25) is 0 Å². The zero-order chi connectivity index (χ0) is 13.7. The number of nitrogens with one attached hydrogen (secondary N) is 1. The minimum absolute atomic E-state index is 0.570. The zero-order valence-electron chi connectivity index (χ0n) is 11.6. The van der Waals surface area contributed by atoms with Crippen LogP contribution < -0.4 is 5.32 Å². The monoisotopic (exact) mass is 256 g/mol. The highest BCUT2D eigenvalue weighted by Gasteiger charge is 2.16. The molecule has 2 rings (SSSR count). The quantitative estimate of drug-likeness (QED) is 0.666. The van der Waals surface area contributed by atoms with E-state index in [1.54, 1.807) is 6.34 Å². The van der Waals surface area contributed by atoms with Crippen LogP contribution in [0.4, 0.5) is 5.69 Å². The number of nitriles is 1. The molecule has 0 spiro atoms. The molecule has 4 nitrogen and oxygen atoms in total. The molecular weight excluding hydrogens is 236 g/mol. The van der Waals surface area contributed by atoms with Crippen molar-refractivity contribution in [2.45, 2.75) is 18.8 Å². The Bertz CT molecular complexity index is 493. The van der Waals surface area contributed by atoms with Gasteiger partial charge in [0.25, 0.3) is 0 Å². The fourth-order valence-corrected chi connectivity index (χ4v) is 2.34. The van der Waals surface area contributed by atoms with Crippen LogP contribution in [-0.2, 0) is 0 Å². The lowest BCUT2D eigenvalue weighted by Crippen LogP contribution is -2.26. The molecule has 0 aliphatic carbocycles. The van der Waals surface area contributed by atoms with Crippen molar-refractivity contribution in [2.24, 2.45) is 4.99 Å². The lowest BCUT2D eigenvalue weighted by molar-refractivity contribution is 0.460. The first-order valence-electron chi connectivity index (χ1n) is 6.66. The molecule has 1 aliphatic rings. The van der Waals surface area contributed by atoms with E-state index >= 15 is 0 Å². The highest BCUT2D eigenvalue weighted by molar-refractivity contribution is 5.65. The summed E-state index contributed by atoms with van der Waals surface area (Å²) in [6.07, 6.45) is 4.01. The van der Waals surface area contributed by atoms with Gasteiger partial charge in [-0.15, -0.1) is 0 Å².